The lowest BCUT2D eigenvalue weighted by molar-refractivity contribution is 0.388. The van der Waals surface area contributed by atoms with Crippen LogP contribution in [0.25, 0.3) is 5.65 Å². The molecule has 4 heteroatoms. The van der Waals surface area contributed by atoms with Crippen molar-refractivity contribution in [2.24, 2.45) is 0 Å². The zero-order chi connectivity index (χ0) is 11.0. The summed E-state index contributed by atoms with van der Waals surface area (Å²) in [6, 6.07) is 1.39. The summed E-state index contributed by atoms with van der Waals surface area (Å²) in [6.07, 6.45) is 3.43. The number of aromatic nitrogens is 2. The van der Waals surface area contributed by atoms with Crippen LogP contribution < -0.4 is 4.74 Å². The van der Waals surface area contributed by atoms with E-state index in [9.17, 15) is 4.39 Å². The molecule has 0 bridgehead atoms. The number of pyridine rings is 1. The van der Waals surface area contributed by atoms with Gasteiger partial charge in [-0.15, -0.1) is 0 Å². The molecule has 0 unspecified atom stereocenters. The van der Waals surface area contributed by atoms with Crippen molar-refractivity contribution < 1.29 is 9.13 Å². The first-order valence-electron chi connectivity index (χ1n) is 4.84. The molecule has 15 heavy (non-hydrogen) atoms. The zero-order valence-corrected chi connectivity index (χ0v) is 8.99. The van der Waals surface area contributed by atoms with Gasteiger partial charge in [0.25, 0.3) is 0 Å². The third kappa shape index (κ3) is 1.46. The third-order valence-electron chi connectivity index (χ3n) is 2.41. The fraction of sp³-hybridized carbons (Fsp3) is 0.364. The molecule has 0 N–H and O–H groups in total. The summed E-state index contributed by atoms with van der Waals surface area (Å²) in [6.45, 7) is 4.14. The van der Waals surface area contributed by atoms with Gasteiger partial charge in [0.15, 0.2) is 17.2 Å². The standard InChI is InChI=1S/C11H13FN2O/c1-7(2)9-6-13-11-10(15-3)8(12)4-5-14(9)11/h4-7H,1-3H3. The van der Waals surface area contributed by atoms with E-state index < -0.39 is 0 Å². The van der Waals surface area contributed by atoms with Gasteiger partial charge in [-0.2, -0.15) is 0 Å². The van der Waals surface area contributed by atoms with E-state index in [4.69, 9.17) is 4.74 Å². The van der Waals surface area contributed by atoms with E-state index in [1.54, 1.807) is 12.4 Å². The van der Waals surface area contributed by atoms with E-state index in [1.807, 2.05) is 4.40 Å². The fourth-order valence-electron chi connectivity index (χ4n) is 1.64. The molecule has 0 aliphatic carbocycles. The van der Waals surface area contributed by atoms with Crippen LogP contribution in [-0.4, -0.2) is 16.5 Å². The number of halogens is 1. The highest BCUT2D eigenvalue weighted by Crippen LogP contribution is 2.25. The topological polar surface area (TPSA) is 26.5 Å². The monoisotopic (exact) mass is 208 g/mol. The van der Waals surface area contributed by atoms with Crippen LogP contribution in [0.15, 0.2) is 18.5 Å². The Morgan fingerprint density at radius 3 is 2.80 bits per heavy atom. The molecule has 2 rings (SSSR count). The minimum Gasteiger partial charge on any atom is -0.490 e. The minimum atomic E-state index is -0.383. The number of rotatable bonds is 2. The highest BCUT2D eigenvalue weighted by atomic mass is 19.1. The largest absolute Gasteiger partial charge is 0.490 e. The summed E-state index contributed by atoms with van der Waals surface area (Å²) in [7, 11) is 1.45. The van der Waals surface area contributed by atoms with Gasteiger partial charge < -0.3 is 9.14 Å². The van der Waals surface area contributed by atoms with Gasteiger partial charge >= 0.3 is 0 Å². The Bertz CT molecular complexity index is 491. The van der Waals surface area contributed by atoms with Crippen LogP contribution in [0.3, 0.4) is 0 Å². The molecule has 3 nitrogen and oxygen atoms in total. The van der Waals surface area contributed by atoms with Crippen molar-refractivity contribution in [2.45, 2.75) is 19.8 Å². The first-order valence-corrected chi connectivity index (χ1v) is 4.84. The second-order valence-electron chi connectivity index (χ2n) is 3.73. The zero-order valence-electron chi connectivity index (χ0n) is 8.99. The van der Waals surface area contributed by atoms with Crippen molar-refractivity contribution in [3.8, 4) is 5.75 Å². The molecule has 2 aromatic rings. The Labute approximate surface area is 87.5 Å². The fourth-order valence-corrected chi connectivity index (χ4v) is 1.64. The number of nitrogens with zero attached hydrogens (tertiary/aromatic N) is 2. The first-order chi connectivity index (χ1) is 7.15. The van der Waals surface area contributed by atoms with E-state index >= 15 is 0 Å². The maximum absolute atomic E-state index is 13.4. The summed E-state index contributed by atoms with van der Waals surface area (Å²) in [5.74, 6) is 0.158. The molecule has 0 saturated heterocycles. The molecule has 0 atom stereocenters. The predicted octanol–water partition coefficient (Wildman–Crippen LogP) is 2.61. The molecule has 0 radical (unpaired) electrons. The van der Waals surface area contributed by atoms with Crippen molar-refractivity contribution in [3.05, 3.63) is 30.0 Å². The average Bonchev–Trinajstić information content (AvgIpc) is 2.61. The molecule has 0 aliphatic rings. The normalized spacial score (nSPS) is 11.3. The SMILES string of the molecule is COc1c(F)ccn2c(C(C)C)cnc12. The predicted molar refractivity (Wildman–Crippen MR) is 55.8 cm³/mol. The second kappa shape index (κ2) is 3.53. The smallest absolute Gasteiger partial charge is 0.198 e. The van der Waals surface area contributed by atoms with Crippen LogP contribution in [0.5, 0.6) is 5.75 Å². The highest BCUT2D eigenvalue weighted by molar-refractivity contribution is 5.55. The number of methoxy groups -OCH3 is 1. The lowest BCUT2D eigenvalue weighted by Gasteiger charge is -2.07. The lowest BCUT2D eigenvalue weighted by atomic mass is 10.1. The van der Waals surface area contributed by atoms with Crippen LogP contribution in [0.2, 0.25) is 0 Å². The van der Waals surface area contributed by atoms with Gasteiger partial charge in [-0.05, 0) is 12.0 Å². The molecule has 0 aliphatic heterocycles. The van der Waals surface area contributed by atoms with E-state index in [0.29, 0.717) is 11.6 Å². The summed E-state index contributed by atoms with van der Waals surface area (Å²) in [4.78, 5) is 4.17. The lowest BCUT2D eigenvalue weighted by Crippen LogP contribution is -1.98. The summed E-state index contributed by atoms with van der Waals surface area (Å²) in [5, 5.41) is 0. The molecule has 0 fully saturated rings. The van der Waals surface area contributed by atoms with Crippen molar-refractivity contribution >= 4 is 5.65 Å². The van der Waals surface area contributed by atoms with E-state index in [1.165, 1.54) is 13.2 Å². The molecule has 2 aromatic heterocycles. The maximum atomic E-state index is 13.4. The van der Waals surface area contributed by atoms with Gasteiger partial charge in [-0.3, -0.25) is 0 Å². The van der Waals surface area contributed by atoms with Crippen LogP contribution in [0.4, 0.5) is 4.39 Å². The Hall–Kier alpha value is -1.58. The number of hydrogen-bond acceptors (Lipinski definition) is 2. The molecule has 0 aromatic carbocycles. The van der Waals surface area contributed by atoms with Gasteiger partial charge in [0.05, 0.1) is 7.11 Å². The van der Waals surface area contributed by atoms with E-state index in [-0.39, 0.29) is 11.6 Å². The van der Waals surface area contributed by atoms with Gasteiger partial charge in [0.2, 0.25) is 0 Å². The summed E-state index contributed by atoms with van der Waals surface area (Å²) < 4.78 is 20.2. The summed E-state index contributed by atoms with van der Waals surface area (Å²) in [5.41, 5.74) is 1.57. The number of hydrogen-bond donors (Lipinski definition) is 0. The van der Waals surface area contributed by atoms with Gasteiger partial charge in [-0.1, -0.05) is 13.8 Å². The van der Waals surface area contributed by atoms with Crippen LogP contribution in [0, 0.1) is 5.82 Å². The molecular weight excluding hydrogens is 195 g/mol. The van der Waals surface area contributed by atoms with Gasteiger partial charge in [0.1, 0.15) is 0 Å². The molecule has 80 valence electrons. The molecule has 0 spiro atoms. The number of fused-ring (bicyclic) bond motifs is 1. The minimum absolute atomic E-state index is 0.199. The average molecular weight is 208 g/mol. The first kappa shape index (κ1) is 9.96. The molecule has 0 amide bonds. The van der Waals surface area contributed by atoms with E-state index in [2.05, 4.69) is 18.8 Å². The molecule has 2 heterocycles. The molecule has 0 saturated carbocycles. The second-order valence-corrected chi connectivity index (χ2v) is 3.73. The third-order valence-corrected chi connectivity index (χ3v) is 2.41. The van der Waals surface area contributed by atoms with E-state index in [0.717, 1.165) is 5.69 Å². The number of ether oxygens (including phenoxy) is 1. The van der Waals surface area contributed by atoms with Crippen molar-refractivity contribution in [3.63, 3.8) is 0 Å². The Balaban J connectivity index is 2.74. The summed E-state index contributed by atoms with van der Waals surface area (Å²) >= 11 is 0. The number of imidazole rings is 1. The van der Waals surface area contributed by atoms with Crippen molar-refractivity contribution in [1.82, 2.24) is 9.38 Å². The maximum Gasteiger partial charge on any atom is 0.198 e. The van der Waals surface area contributed by atoms with Crippen LogP contribution >= 0.6 is 0 Å². The van der Waals surface area contributed by atoms with Crippen LogP contribution in [0.1, 0.15) is 25.5 Å². The quantitative estimate of drug-likeness (QED) is 0.758. The van der Waals surface area contributed by atoms with Crippen molar-refractivity contribution in [1.29, 1.82) is 0 Å². The van der Waals surface area contributed by atoms with Crippen LogP contribution in [-0.2, 0) is 0 Å². The molecular formula is C11H13FN2O. The van der Waals surface area contributed by atoms with Gasteiger partial charge in [-0.25, -0.2) is 9.37 Å². The van der Waals surface area contributed by atoms with Gasteiger partial charge in [0, 0.05) is 18.1 Å². The highest BCUT2D eigenvalue weighted by Gasteiger charge is 2.13. The Morgan fingerprint density at radius 1 is 1.47 bits per heavy atom. The Kier molecular flexibility index (Phi) is 2.34. The Morgan fingerprint density at radius 2 is 2.20 bits per heavy atom. The van der Waals surface area contributed by atoms with Crippen molar-refractivity contribution in [2.75, 3.05) is 7.11 Å².